The molecule has 5 nitrogen and oxygen atoms in total. The number of aliphatic hydroxyl groups is 1. The van der Waals surface area contributed by atoms with Crippen molar-refractivity contribution in [2.24, 2.45) is 0 Å². The molecule has 0 atom stereocenters. The molecule has 1 N–H and O–H groups in total. The second-order valence-electron chi connectivity index (χ2n) is 3.87. The van der Waals surface area contributed by atoms with E-state index in [1.807, 2.05) is 24.3 Å². The van der Waals surface area contributed by atoms with E-state index in [4.69, 9.17) is 9.52 Å². The Kier molecular flexibility index (Phi) is 2.74. The molecule has 0 aliphatic rings. The Labute approximate surface area is 103 Å². The SMILES string of the molecule is OCCc1nccc(-c2ccc3ncoc3c2)n1. The highest BCUT2D eigenvalue weighted by Crippen LogP contribution is 2.22. The average molecular weight is 241 g/mol. The minimum absolute atomic E-state index is 0.0462. The minimum atomic E-state index is 0.0462. The average Bonchev–Trinajstić information content (AvgIpc) is 2.86. The maximum absolute atomic E-state index is 8.89. The van der Waals surface area contributed by atoms with Crippen LogP contribution in [0.25, 0.3) is 22.4 Å². The molecule has 2 aromatic heterocycles. The van der Waals surface area contributed by atoms with Gasteiger partial charge in [0.2, 0.25) is 0 Å². The maximum atomic E-state index is 8.89. The van der Waals surface area contributed by atoms with Crippen LogP contribution in [0.2, 0.25) is 0 Å². The lowest BCUT2D eigenvalue weighted by atomic mass is 10.1. The molecule has 3 rings (SSSR count). The van der Waals surface area contributed by atoms with Crippen molar-refractivity contribution < 1.29 is 9.52 Å². The van der Waals surface area contributed by atoms with Crippen molar-refractivity contribution in [2.45, 2.75) is 6.42 Å². The van der Waals surface area contributed by atoms with Crippen molar-refractivity contribution in [1.82, 2.24) is 15.0 Å². The largest absolute Gasteiger partial charge is 0.443 e. The third kappa shape index (κ3) is 1.96. The molecule has 5 heteroatoms. The molecule has 0 amide bonds. The first-order valence-corrected chi connectivity index (χ1v) is 5.63. The summed E-state index contributed by atoms with van der Waals surface area (Å²) in [5, 5.41) is 8.89. The van der Waals surface area contributed by atoms with E-state index in [0.717, 1.165) is 22.4 Å². The zero-order valence-electron chi connectivity index (χ0n) is 9.58. The Hall–Kier alpha value is -2.27. The van der Waals surface area contributed by atoms with Crippen molar-refractivity contribution in [3.8, 4) is 11.3 Å². The monoisotopic (exact) mass is 241 g/mol. The van der Waals surface area contributed by atoms with E-state index >= 15 is 0 Å². The Morgan fingerprint density at radius 2 is 2.11 bits per heavy atom. The fraction of sp³-hybridized carbons (Fsp3) is 0.154. The van der Waals surface area contributed by atoms with Crippen LogP contribution in [0.15, 0.2) is 41.3 Å². The highest BCUT2D eigenvalue weighted by atomic mass is 16.3. The molecule has 0 radical (unpaired) electrons. The van der Waals surface area contributed by atoms with Gasteiger partial charge >= 0.3 is 0 Å². The predicted octanol–water partition coefficient (Wildman–Crippen LogP) is 1.82. The van der Waals surface area contributed by atoms with Crippen LogP contribution in [0, 0.1) is 0 Å². The van der Waals surface area contributed by atoms with Gasteiger partial charge in [0.15, 0.2) is 12.0 Å². The van der Waals surface area contributed by atoms with Crippen LogP contribution in [-0.2, 0) is 6.42 Å². The quantitative estimate of drug-likeness (QED) is 0.757. The van der Waals surface area contributed by atoms with Crippen LogP contribution in [0.4, 0.5) is 0 Å². The minimum Gasteiger partial charge on any atom is -0.443 e. The highest BCUT2D eigenvalue weighted by molar-refractivity contribution is 5.78. The molecule has 0 saturated carbocycles. The maximum Gasteiger partial charge on any atom is 0.181 e. The molecule has 0 spiro atoms. The fourth-order valence-electron chi connectivity index (χ4n) is 1.79. The van der Waals surface area contributed by atoms with E-state index in [1.165, 1.54) is 6.39 Å². The summed E-state index contributed by atoms with van der Waals surface area (Å²) in [4.78, 5) is 12.6. The molecule has 0 aliphatic heterocycles. The van der Waals surface area contributed by atoms with Gasteiger partial charge < -0.3 is 9.52 Å². The molecule has 0 fully saturated rings. The summed E-state index contributed by atoms with van der Waals surface area (Å²) in [5.74, 6) is 0.632. The Morgan fingerprint density at radius 3 is 3.00 bits per heavy atom. The normalized spacial score (nSPS) is 10.9. The lowest BCUT2D eigenvalue weighted by Gasteiger charge is -2.02. The summed E-state index contributed by atoms with van der Waals surface area (Å²) in [6, 6.07) is 7.56. The van der Waals surface area contributed by atoms with Crippen LogP contribution >= 0.6 is 0 Å². The van der Waals surface area contributed by atoms with E-state index in [2.05, 4.69) is 15.0 Å². The van der Waals surface area contributed by atoms with Gasteiger partial charge in [-0.15, -0.1) is 0 Å². The first kappa shape index (κ1) is 10.9. The molecule has 2 heterocycles. The van der Waals surface area contributed by atoms with E-state index < -0.39 is 0 Å². The number of rotatable bonds is 3. The Bertz CT molecular complexity index is 679. The van der Waals surface area contributed by atoms with Gasteiger partial charge in [-0.05, 0) is 18.2 Å². The first-order chi connectivity index (χ1) is 8.86. The van der Waals surface area contributed by atoms with Crippen molar-refractivity contribution >= 4 is 11.1 Å². The van der Waals surface area contributed by atoms with Gasteiger partial charge in [-0.25, -0.2) is 15.0 Å². The van der Waals surface area contributed by atoms with Crippen molar-refractivity contribution in [3.63, 3.8) is 0 Å². The summed E-state index contributed by atoms with van der Waals surface area (Å²) >= 11 is 0. The summed E-state index contributed by atoms with van der Waals surface area (Å²) < 4.78 is 5.26. The third-order valence-electron chi connectivity index (χ3n) is 2.67. The zero-order valence-corrected chi connectivity index (χ0v) is 9.58. The van der Waals surface area contributed by atoms with E-state index in [9.17, 15) is 0 Å². The second-order valence-corrected chi connectivity index (χ2v) is 3.87. The number of aliphatic hydroxyl groups excluding tert-OH is 1. The lowest BCUT2D eigenvalue weighted by Crippen LogP contribution is -1.99. The number of aromatic nitrogens is 3. The van der Waals surface area contributed by atoms with Gasteiger partial charge in [0.1, 0.15) is 11.3 Å². The zero-order chi connectivity index (χ0) is 12.4. The fourth-order valence-corrected chi connectivity index (χ4v) is 1.79. The van der Waals surface area contributed by atoms with Gasteiger partial charge in [0.25, 0.3) is 0 Å². The predicted molar refractivity (Wildman–Crippen MR) is 65.8 cm³/mol. The van der Waals surface area contributed by atoms with Gasteiger partial charge in [-0.3, -0.25) is 0 Å². The van der Waals surface area contributed by atoms with Gasteiger partial charge in [0.05, 0.1) is 12.3 Å². The molecule has 1 aromatic carbocycles. The molecule has 0 unspecified atom stereocenters. The molecule has 18 heavy (non-hydrogen) atoms. The van der Waals surface area contributed by atoms with E-state index in [-0.39, 0.29) is 6.61 Å². The van der Waals surface area contributed by atoms with Gasteiger partial charge in [0, 0.05) is 18.2 Å². The lowest BCUT2D eigenvalue weighted by molar-refractivity contribution is 0.296. The van der Waals surface area contributed by atoms with Crippen LogP contribution in [0.5, 0.6) is 0 Å². The summed E-state index contributed by atoms with van der Waals surface area (Å²) in [7, 11) is 0. The Morgan fingerprint density at radius 1 is 1.17 bits per heavy atom. The first-order valence-electron chi connectivity index (χ1n) is 5.63. The van der Waals surface area contributed by atoms with E-state index in [0.29, 0.717) is 12.2 Å². The van der Waals surface area contributed by atoms with E-state index in [1.54, 1.807) is 6.20 Å². The topological polar surface area (TPSA) is 72.0 Å². The Balaban J connectivity index is 2.04. The number of oxazole rings is 1. The summed E-state index contributed by atoms with van der Waals surface area (Å²) in [6.07, 6.45) is 3.57. The molecule has 0 bridgehead atoms. The smallest absolute Gasteiger partial charge is 0.181 e. The molecule has 0 saturated heterocycles. The second kappa shape index (κ2) is 4.54. The summed E-state index contributed by atoms with van der Waals surface area (Å²) in [5.41, 5.74) is 3.31. The molecular weight excluding hydrogens is 230 g/mol. The number of benzene rings is 1. The molecule has 3 aromatic rings. The molecule has 90 valence electrons. The van der Waals surface area contributed by atoms with Crippen molar-refractivity contribution in [1.29, 1.82) is 0 Å². The van der Waals surface area contributed by atoms with Gasteiger partial charge in [-0.1, -0.05) is 6.07 Å². The van der Waals surface area contributed by atoms with Crippen molar-refractivity contribution in [2.75, 3.05) is 6.61 Å². The number of fused-ring (bicyclic) bond motifs is 1. The number of nitrogens with zero attached hydrogens (tertiary/aromatic N) is 3. The van der Waals surface area contributed by atoms with Crippen LogP contribution < -0.4 is 0 Å². The van der Waals surface area contributed by atoms with Crippen molar-refractivity contribution in [3.05, 3.63) is 42.7 Å². The molecule has 0 aliphatic carbocycles. The van der Waals surface area contributed by atoms with Gasteiger partial charge in [-0.2, -0.15) is 0 Å². The standard InChI is InChI=1S/C13H11N3O2/c17-6-4-13-14-5-3-10(16-13)9-1-2-11-12(7-9)18-8-15-11/h1-3,5,7-8,17H,4,6H2. The van der Waals surface area contributed by atoms with Crippen LogP contribution in [0.3, 0.4) is 0 Å². The third-order valence-corrected chi connectivity index (χ3v) is 2.67. The van der Waals surface area contributed by atoms with Crippen LogP contribution in [0.1, 0.15) is 5.82 Å². The summed E-state index contributed by atoms with van der Waals surface area (Å²) in [6.45, 7) is 0.0462. The highest BCUT2D eigenvalue weighted by Gasteiger charge is 2.05. The van der Waals surface area contributed by atoms with Crippen LogP contribution in [-0.4, -0.2) is 26.7 Å². The number of hydrogen-bond donors (Lipinski definition) is 1. The molecular formula is C13H11N3O2. The number of hydrogen-bond acceptors (Lipinski definition) is 5.